The molecule has 1 N–H and O–H groups in total. The van der Waals surface area contributed by atoms with Crippen LogP contribution < -0.4 is 5.32 Å². The maximum Gasteiger partial charge on any atom is 0.221 e. The maximum absolute atomic E-state index is 11.7. The van der Waals surface area contributed by atoms with Crippen molar-refractivity contribution in [2.45, 2.75) is 32.2 Å². The number of hydrogen-bond acceptors (Lipinski definition) is 3. The smallest absolute Gasteiger partial charge is 0.221 e. The largest absolute Gasteiger partial charge is 0.352 e. The van der Waals surface area contributed by atoms with Gasteiger partial charge in [-0.25, -0.2) is 0 Å². The molecule has 2 rings (SSSR count). The molecule has 0 unspecified atom stereocenters. The molecule has 4 nitrogen and oxygen atoms in total. The number of likely N-dealkylation sites (tertiary alicyclic amines) is 1. The van der Waals surface area contributed by atoms with E-state index in [1.807, 2.05) is 12.1 Å². The zero-order valence-corrected chi connectivity index (χ0v) is 10.8. The van der Waals surface area contributed by atoms with Crippen molar-refractivity contribution in [3.63, 3.8) is 0 Å². The molecule has 4 heteroatoms. The SMILES string of the molecule is O=C(CCN1CCCCC1)NCc1cccnc1. The molecule has 2 heterocycles. The second kappa shape index (κ2) is 7.11. The molecule has 0 bridgehead atoms. The third-order valence-electron chi connectivity index (χ3n) is 3.32. The van der Waals surface area contributed by atoms with Crippen LogP contribution in [0.5, 0.6) is 0 Å². The van der Waals surface area contributed by atoms with Crippen LogP contribution in [-0.2, 0) is 11.3 Å². The summed E-state index contributed by atoms with van der Waals surface area (Å²) in [7, 11) is 0. The minimum atomic E-state index is 0.129. The van der Waals surface area contributed by atoms with Gasteiger partial charge in [-0.1, -0.05) is 12.5 Å². The van der Waals surface area contributed by atoms with Crippen LogP contribution in [-0.4, -0.2) is 35.4 Å². The van der Waals surface area contributed by atoms with Crippen molar-refractivity contribution >= 4 is 5.91 Å². The van der Waals surface area contributed by atoms with E-state index in [0.717, 1.165) is 25.2 Å². The van der Waals surface area contributed by atoms with Gasteiger partial charge < -0.3 is 10.2 Å². The number of amides is 1. The lowest BCUT2D eigenvalue weighted by molar-refractivity contribution is -0.121. The number of pyridine rings is 1. The molecule has 1 saturated heterocycles. The van der Waals surface area contributed by atoms with E-state index in [2.05, 4.69) is 15.2 Å². The topological polar surface area (TPSA) is 45.2 Å². The first kappa shape index (κ1) is 13.0. The molecule has 1 aromatic rings. The Labute approximate surface area is 108 Å². The first-order valence-corrected chi connectivity index (χ1v) is 6.72. The van der Waals surface area contributed by atoms with Crippen molar-refractivity contribution in [2.24, 2.45) is 0 Å². The maximum atomic E-state index is 11.7. The molecule has 1 aliphatic heterocycles. The van der Waals surface area contributed by atoms with Gasteiger partial charge in [0.25, 0.3) is 0 Å². The summed E-state index contributed by atoms with van der Waals surface area (Å²) in [6.45, 7) is 3.76. The van der Waals surface area contributed by atoms with Gasteiger partial charge in [0.1, 0.15) is 0 Å². The molecule has 1 fully saturated rings. The monoisotopic (exact) mass is 247 g/mol. The van der Waals surface area contributed by atoms with Crippen LogP contribution >= 0.6 is 0 Å². The quantitative estimate of drug-likeness (QED) is 0.859. The second-order valence-electron chi connectivity index (χ2n) is 4.79. The zero-order valence-electron chi connectivity index (χ0n) is 10.8. The molecule has 98 valence electrons. The van der Waals surface area contributed by atoms with Crippen LogP contribution in [0.15, 0.2) is 24.5 Å². The lowest BCUT2D eigenvalue weighted by Crippen LogP contribution is -2.34. The van der Waals surface area contributed by atoms with E-state index in [1.165, 1.54) is 19.3 Å². The Morgan fingerprint density at radius 2 is 2.17 bits per heavy atom. The number of hydrogen-bond donors (Lipinski definition) is 1. The Bertz CT molecular complexity index is 361. The van der Waals surface area contributed by atoms with E-state index in [-0.39, 0.29) is 5.91 Å². The fraction of sp³-hybridized carbons (Fsp3) is 0.571. The average Bonchev–Trinajstić information content (AvgIpc) is 2.45. The lowest BCUT2D eigenvalue weighted by atomic mass is 10.1. The van der Waals surface area contributed by atoms with E-state index in [0.29, 0.717) is 13.0 Å². The minimum absolute atomic E-state index is 0.129. The number of nitrogens with zero attached hydrogens (tertiary/aromatic N) is 2. The van der Waals surface area contributed by atoms with Gasteiger partial charge >= 0.3 is 0 Å². The predicted molar refractivity (Wildman–Crippen MR) is 71.0 cm³/mol. The van der Waals surface area contributed by atoms with E-state index in [9.17, 15) is 4.79 Å². The normalized spacial score (nSPS) is 16.4. The van der Waals surface area contributed by atoms with Gasteiger partial charge in [0, 0.05) is 31.9 Å². The summed E-state index contributed by atoms with van der Waals surface area (Å²) in [5.74, 6) is 0.129. The van der Waals surface area contributed by atoms with Crippen molar-refractivity contribution in [1.29, 1.82) is 0 Å². The van der Waals surface area contributed by atoms with E-state index in [4.69, 9.17) is 0 Å². The Morgan fingerprint density at radius 1 is 1.33 bits per heavy atom. The van der Waals surface area contributed by atoms with Crippen molar-refractivity contribution in [2.75, 3.05) is 19.6 Å². The molecule has 0 radical (unpaired) electrons. The van der Waals surface area contributed by atoms with Gasteiger partial charge in [-0.3, -0.25) is 9.78 Å². The van der Waals surface area contributed by atoms with Crippen LogP contribution in [0.1, 0.15) is 31.2 Å². The molecule has 18 heavy (non-hydrogen) atoms. The number of carbonyl (C=O) groups excluding carboxylic acids is 1. The predicted octanol–water partition coefficient (Wildman–Crippen LogP) is 1.57. The van der Waals surface area contributed by atoms with Crippen molar-refractivity contribution in [3.8, 4) is 0 Å². The van der Waals surface area contributed by atoms with E-state index < -0.39 is 0 Å². The summed E-state index contributed by atoms with van der Waals surface area (Å²) >= 11 is 0. The Hall–Kier alpha value is -1.42. The van der Waals surface area contributed by atoms with Crippen molar-refractivity contribution in [1.82, 2.24) is 15.2 Å². The number of rotatable bonds is 5. The molecule has 0 aromatic carbocycles. The summed E-state index contributed by atoms with van der Waals surface area (Å²) in [6.07, 6.45) is 8.01. The summed E-state index contributed by atoms with van der Waals surface area (Å²) in [5.41, 5.74) is 1.05. The molecular weight excluding hydrogens is 226 g/mol. The highest BCUT2D eigenvalue weighted by Gasteiger charge is 2.11. The van der Waals surface area contributed by atoms with Gasteiger partial charge in [-0.2, -0.15) is 0 Å². The minimum Gasteiger partial charge on any atom is -0.352 e. The number of nitrogens with one attached hydrogen (secondary N) is 1. The van der Waals surface area contributed by atoms with Crippen LogP contribution in [0.2, 0.25) is 0 Å². The van der Waals surface area contributed by atoms with Gasteiger partial charge in [0.15, 0.2) is 0 Å². The molecule has 0 spiro atoms. The van der Waals surface area contributed by atoms with Gasteiger partial charge in [0.2, 0.25) is 5.91 Å². The second-order valence-corrected chi connectivity index (χ2v) is 4.79. The third kappa shape index (κ3) is 4.45. The van der Waals surface area contributed by atoms with Gasteiger partial charge in [0.05, 0.1) is 0 Å². The summed E-state index contributed by atoms with van der Waals surface area (Å²) in [6, 6.07) is 3.85. The van der Waals surface area contributed by atoms with Gasteiger partial charge in [-0.15, -0.1) is 0 Å². The van der Waals surface area contributed by atoms with E-state index in [1.54, 1.807) is 12.4 Å². The standard InChI is InChI=1S/C14H21N3O/c18-14(6-10-17-8-2-1-3-9-17)16-12-13-5-4-7-15-11-13/h4-5,7,11H,1-3,6,8-10,12H2,(H,16,18). The highest BCUT2D eigenvalue weighted by Crippen LogP contribution is 2.08. The van der Waals surface area contributed by atoms with Crippen molar-refractivity contribution < 1.29 is 4.79 Å². The first-order chi connectivity index (χ1) is 8.84. The highest BCUT2D eigenvalue weighted by atomic mass is 16.1. The Morgan fingerprint density at radius 3 is 2.89 bits per heavy atom. The first-order valence-electron chi connectivity index (χ1n) is 6.72. The highest BCUT2D eigenvalue weighted by molar-refractivity contribution is 5.76. The van der Waals surface area contributed by atoms with E-state index >= 15 is 0 Å². The molecule has 0 saturated carbocycles. The molecule has 1 aromatic heterocycles. The Kier molecular flexibility index (Phi) is 5.15. The summed E-state index contributed by atoms with van der Waals surface area (Å²) < 4.78 is 0. The van der Waals surface area contributed by atoms with Crippen LogP contribution in [0, 0.1) is 0 Å². The molecule has 0 atom stereocenters. The average molecular weight is 247 g/mol. The number of carbonyl (C=O) groups is 1. The Balaban J connectivity index is 1.63. The van der Waals surface area contributed by atoms with Crippen molar-refractivity contribution in [3.05, 3.63) is 30.1 Å². The van der Waals surface area contributed by atoms with Gasteiger partial charge in [-0.05, 0) is 37.6 Å². The third-order valence-corrected chi connectivity index (χ3v) is 3.32. The fourth-order valence-electron chi connectivity index (χ4n) is 2.23. The molecule has 0 aliphatic carbocycles. The number of piperidine rings is 1. The molecule has 1 amide bonds. The van der Waals surface area contributed by atoms with Crippen LogP contribution in [0.3, 0.4) is 0 Å². The fourth-order valence-corrected chi connectivity index (χ4v) is 2.23. The molecule has 1 aliphatic rings. The van der Waals surface area contributed by atoms with Crippen LogP contribution in [0.4, 0.5) is 0 Å². The zero-order chi connectivity index (χ0) is 12.6. The van der Waals surface area contributed by atoms with Crippen LogP contribution in [0.25, 0.3) is 0 Å². The molecular formula is C14H21N3O. The number of aromatic nitrogens is 1. The summed E-state index contributed by atoms with van der Waals surface area (Å²) in [4.78, 5) is 18.1. The lowest BCUT2D eigenvalue weighted by Gasteiger charge is -2.25. The summed E-state index contributed by atoms with van der Waals surface area (Å²) in [5, 5.41) is 2.93.